The van der Waals surface area contributed by atoms with Gasteiger partial charge in [0.15, 0.2) is 0 Å². The van der Waals surface area contributed by atoms with Crippen LogP contribution in [0.1, 0.15) is 47.0 Å². The lowest BCUT2D eigenvalue weighted by molar-refractivity contribution is 0.0843. The van der Waals surface area contributed by atoms with Gasteiger partial charge in [-0.1, -0.05) is 13.8 Å². The Morgan fingerprint density at radius 2 is 2.19 bits per heavy atom. The first kappa shape index (κ1) is 13.5. The molecule has 0 aliphatic carbocycles. The van der Waals surface area contributed by atoms with Crippen LogP contribution in [0.25, 0.3) is 0 Å². The van der Waals surface area contributed by atoms with E-state index >= 15 is 0 Å². The van der Waals surface area contributed by atoms with E-state index in [1.807, 2.05) is 6.92 Å². The Hall–Kier alpha value is -0.520. The van der Waals surface area contributed by atoms with Gasteiger partial charge in [0.25, 0.3) is 0 Å². The zero-order valence-corrected chi connectivity index (χ0v) is 11.3. The Morgan fingerprint density at radius 1 is 1.44 bits per heavy atom. The Bertz CT molecular complexity index is 264. The van der Waals surface area contributed by atoms with Crippen molar-refractivity contribution in [2.75, 3.05) is 19.6 Å². The molecule has 2 unspecified atom stereocenters. The van der Waals surface area contributed by atoms with Gasteiger partial charge in [-0.25, -0.2) is 0 Å². The standard InChI is InChI=1S/C14H26N2/c1-5-8-9-10-16-12-14(4,7-3)15-11-13(16)6-2/h13,15H,6-7,9-12H2,1-4H3. The third kappa shape index (κ3) is 3.50. The summed E-state index contributed by atoms with van der Waals surface area (Å²) >= 11 is 0. The molecule has 1 heterocycles. The molecule has 0 bridgehead atoms. The fraction of sp³-hybridized carbons (Fsp3) is 0.857. The summed E-state index contributed by atoms with van der Waals surface area (Å²) in [7, 11) is 0. The van der Waals surface area contributed by atoms with Gasteiger partial charge in [0.1, 0.15) is 0 Å². The highest BCUT2D eigenvalue weighted by Gasteiger charge is 2.33. The lowest BCUT2D eigenvalue weighted by Crippen LogP contribution is -2.62. The van der Waals surface area contributed by atoms with Gasteiger partial charge in [-0.15, -0.1) is 11.8 Å². The average molecular weight is 222 g/mol. The Balaban J connectivity index is 2.55. The van der Waals surface area contributed by atoms with Crippen molar-refractivity contribution < 1.29 is 0 Å². The highest BCUT2D eigenvalue weighted by atomic mass is 15.2. The van der Waals surface area contributed by atoms with E-state index in [1.165, 1.54) is 12.8 Å². The maximum Gasteiger partial charge on any atom is 0.0278 e. The van der Waals surface area contributed by atoms with Crippen molar-refractivity contribution in [1.29, 1.82) is 0 Å². The monoisotopic (exact) mass is 222 g/mol. The zero-order valence-electron chi connectivity index (χ0n) is 11.3. The quantitative estimate of drug-likeness (QED) is 0.734. The highest BCUT2D eigenvalue weighted by molar-refractivity contribution is 4.98. The van der Waals surface area contributed by atoms with Crippen molar-refractivity contribution >= 4 is 0 Å². The topological polar surface area (TPSA) is 15.3 Å². The number of nitrogens with one attached hydrogen (secondary N) is 1. The number of rotatable bonds is 4. The molecule has 2 atom stereocenters. The van der Waals surface area contributed by atoms with Crippen LogP contribution in [0.4, 0.5) is 0 Å². The minimum atomic E-state index is 0.297. The van der Waals surface area contributed by atoms with Crippen LogP contribution >= 0.6 is 0 Å². The maximum atomic E-state index is 3.69. The van der Waals surface area contributed by atoms with Gasteiger partial charge in [0, 0.05) is 37.6 Å². The molecule has 2 nitrogen and oxygen atoms in total. The Morgan fingerprint density at radius 3 is 2.75 bits per heavy atom. The van der Waals surface area contributed by atoms with Gasteiger partial charge >= 0.3 is 0 Å². The molecular formula is C14H26N2. The number of nitrogens with zero attached hydrogens (tertiary/aromatic N) is 1. The van der Waals surface area contributed by atoms with Gasteiger partial charge < -0.3 is 5.32 Å². The zero-order chi connectivity index (χ0) is 12.0. The average Bonchev–Trinajstić information content (AvgIpc) is 2.30. The molecule has 92 valence electrons. The van der Waals surface area contributed by atoms with Crippen molar-refractivity contribution in [2.24, 2.45) is 0 Å². The van der Waals surface area contributed by atoms with Crippen LogP contribution in [0.2, 0.25) is 0 Å². The van der Waals surface area contributed by atoms with Gasteiger partial charge in [0.05, 0.1) is 0 Å². The van der Waals surface area contributed by atoms with Crippen molar-refractivity contribution in [2.45, 2.75) is 58.5 Å². The summed E-state index contributed by atoms with van der Waals surface area (Å²) < 4.78 is 0. The molecular weight excluding hydrogens is 196 g/mol. The van der Waals surface area contributed by atoms with Crippen LogP contribution in [0.3, 0.4) is 0 Å². The summed E-state index contributed by atoms with van der Waals surface area (Å²) in [5, 5.41) is 3.69. The van der Waals surface area contributed by atoms with Crippen molar-refractivity contribution in [1.82, 2.24) is 10.2 Å². The molecule has 16 heavy (non-hydrogen) atoms. The molecule has 0 aromatic rings. The molecule has 0 spiro atoms. The van der Waals surface area contributed by atoms with Gasteiger partial charge in [-0.2, -0.15) is 0 Å². The summed E-state index contributed by atoms with van der Waals surface area (Å²) in [6.07, 6.45) is 3.43. The molecule has 0 aromatic heterocycles. The lowest BCUT2D eigenvalue weighted by Gasteiger charge is -2.45. The maximum absolute atomic E-state index is 3.69. The van der Waals surface area contributed by atoms with Gasteiger partial charge in [-0.3, -0.25) is 4.90 Å². The van der Waals surface area contributed by atoms with E-state index in [2.05, 4.69) is 42.8 Å². The van der Waals surface area contributed by atoms with Crippen LogP contribution in [-0.4, -0.2) is 36.1 Å². The van der Waals surface area contributed by atoms with E-state index in [0.717, 1.165) is 26.1 Å². The van der Waals surface area contributed by atoms with Crippen LogP contribution in [0.15, 0.2) is 0 Å². The SMILES string of the molecule is CC#CCCN1CC(C)(CC)NCC1CC. The van der Waals surface area contributed by atoms with E-state index in [1.54, 1.807) is 0 Å². The number of piperazine rings is 1. The highest BCUT2D eigenvalue weighted by Crippen LogP contribution is 2.20. The summed E-state index contributed by atoms with van der Waals surface area (Å²) in [5.41, 5.74) is 0.297. The minimum Gasteiger partial charge on any atom is -0.309 e. The van der Waals surface area contributed by atoms with E-state index in [-0.39, 0.29) is 0 Å². The largest absolute Gasteiger partial charge is 0.309 e. The minimum absolute atomic E-state index is 0.297. The molecule has 0 aromatic carbocycles. The Kier molecular flexibility index (Phi) is 5.31. The molecule has 1 aliphatic rings. The van der Waals surface area contributed by atoms with Crippen molar-refractivity contribution in [3.05, 3.63) is 0 Å². The molecule has 0 saturated carbocycles. The third-order valence-electron chi connectivity index (χ3n) is 3.79. The molecule has 0 radical (unpaired) electrons. The van der Waals surface area contributed by atoms with Crippen LogP contribution in [0, 0.1) is 11.8 Å². The normalized spacial score (nSPS) is 30.9. The second-order valence-electron chi connectivity index (χ2n) is 5.00. The molecule has 1 aliphatic heterocycles. The van der Waals surface area contributed by atoms with E-state index in [9.17, 15) is 0 Å². The predicted molar refractivity (Wildman–Crippen MR) is 70.4 cm³/mol. The summed E-state index contributed by atoms with van der Waals surface area (Å²) in [6, 6.07) is 0.693. The molecule has 1 saturated heterocycles. The van der Waals surface area contributed by atoms with Gasteiger partial charge in [0.2, 0.25) is 0 Å². The van der Waals surface area contributed by atoms with E-state index in [4.69, 9.17) is 0 Å². The first-order chi connectivity index (χ1) is 7.65. The second-order valence-corrected chi connectivity index (χ2v) is 5.00. The summed E-state index contributed by atoms with van der Waals surface area (Å²) in [5.74, 6) is 6.16. The number of hydrogen-bond donors (Lipinski definition) is 1. The first-order valence-corrected chi connectivity index (χ1v) is 6.54. The molecule has 1 rings (SSSR count). The van der Waals surface area contributed by atoms with Gasteiger partial charge in [-0.05, 0) is 26.7 Å². The third-order valence-corrected chi connectivity index (χ3v) is 3.79. The molecule has 0 amide bonds. The fourth-order valence-corrected chi connectivity index (χ4v) is 2.35. The van der Waals surface area contributed by atoms with Crippen LogP contribution in [0.5, 0.6) is 0 Å². The van der Waals surface area contributed by atoms with E-state index < -0.39 is 0 Å². The van der Waals surface area contributed by atoms with Crippen LogP contribution < -0.4 is 5.32 Å². The predicted octanol–water partition coefficient (Wildman–Crippen LogP) is 2.25. The Labute approximate surface area is 101 Å². The molecule has 2 heteroatoms. The summed E-state index contributed by atoms with van der Waals surface area (Å²) in [6.45, 7) is 12.2. The first-order valence-electron chi connectivity index (χ1n) is 6.54. The molecule has 1 fully saturated rings. The second kappa shape index (κ2) is 6.27. The molecule has 1 N–H and O–H groups in total. The fourth-order valence-electron chi connectivity index (χ4n) is 2.35. The van der Waals surface area contributed by atoms with E-state index in [0.29, 0.717) is 11.6 Å². The van der Waals surface area contributed by atoms with Crippen molar-refractivity contribution in [3.8, 4) is 11.8 Å². The lowest BCUT2D eigenvalue weighted by atomic mass is 9.92. The van der Waals surface area contributed by atoms with Crippen molar-refractivity contribution in [3.63, 3.8) is 0 Å². The number of hydrogen-bond acceptors (Lipinski definition) is 2. The van der Waals surface area contributed by atoms with Crippen LogP contribution in [-0.2, 0) is 0 Å². The smallest absolute Gasteiger partial charge is 0.0278 e. The summed E-state index contributed by atoms with van der Waals surface area (Å²) in [4.78, 5) is 2.62.